The predicted octanol–water partition coefficient (Wildman–Crippen LogP) is 3.43. The molecule has 1 aliphatic carbocycles. The second-order valence-electron chi connectivity index (χ2n) is 9.55. The van der Waals surface area contributed by atoms with Crippen molar-refractivity contribution in [1.29, 1.82) is 0 Å². The Morgan fingerprint density at radius 2 is 1.85 bits per heavy atom. The monoisotopic (exact) mass is 549 g/mol. The maximum Gasteiger partial charge on any atom is 0.225 e. The minimum Gasteiger partial charge on any atom is -0.493 e. The normalized spacial score (nSPS) is 13.8. The van der Waals surface area contributed by atoms with E-state index in [-0.39, 0.29) is 29.7 Å². The lowest BCUT2D eigenvalue weighted by molar-refractivity contribution is -0.119. The summed E-state index contributed by atoms with van der Waals surface area (Å²) in [6.45, 7) is 1.88. The van der Waals surface area contributed by atoms with Gasteiger partial charge in [0.2, 0.25) is 23.0 Å². The van der Waals surface area contributed by atoms with Crippen LogP contribution < -0.4 is 35.6 Å². The van der Waals surface area contributed by atoms with Crippen LogP contribution in [0.4, 0.5) is 11.5 Å². The fraction of sp³-hybridized carbons (Fsp3) is 0.379. The second-order valence-corrected chi connectivity index (χ2v) is 9.55. The third kappa shape index (κ3) is 6.19. The van der Waals surface area contributed by atoms with Crippen molar-refractivity contribution in [3.05, 3.63) is 57.9 Å². The molecule has 212 valence electrons. The van der Waals surface area contributed by atoms with Crippen molar-refractivity contribution >= 4 is 23.3 Å². The molecule has 0 aliphatic heterocycles. The third-order valence-electron chi connectivity index (χ3n) is 6.79. The Labute approximate surface area is 232 Å². The molecule has 1 heterocycles. The number of carbonyl (C=O) groups excluding carboxylic acids is 2. The number of rotatable bonds is 10. The Bertz CT molecular complexity index is 1470. The molecule has 0 unspecified atom stereocenters. The summed E-state index contributed by atoms with van der Waals surface area (Å²) < 4.78 is 18.6. The van der Waals surface area contributed by atoms with Crippen LogP contribution in [-0.2, 0) is 23.1 Å². The summed E-state index contributed by atoms with van der Waals surface area (Å²) in [5.41, 5.74) is 3.35. The van der Waals surface area contributed by atoms with Gasteiger partial charge in [-0.05, 0) is 54.2 Å². The number of hydrogen-bond donors (Lipinski definition) is 3. The van der Waals surface area contributed by atoms with Gasteiger partial charge in [-0.1, -0.05) is 6.07 Å². The molecule has 3 N–H and O–H groups in total. The Morgan fingerprint density at radius 1 is 1.07 bits per heavy atom. The fourth-order valence-electron chi connectivity index (χ4n) is 5.01. The molecular formula is C29H35N5O6. The predicted molar refractivity (Wildman–Crippen MR) is 152 cm³/mol. The van der Waals surface area contributed by atoms with Gasteiger partial charge in [0.15, 0.2) is 17.3 Å². The van der Waals surface area contributed by atoms with E-state index < -0.39 is 0 Å². The van der Waals surface area contributed by atoms with Crippen LogP contribution in [-0.4, -0.2) is 49.5 Å². The number of anilines is 2. The molecular weight excluding hydrogens is 514 g/mol. The molecule has 0 spiro atoms. The van der Waals surface area contributed by atoms with Crippen molar-refractivity contribution in [2.45, 2.75) is 38.6 Å². The van der Waals surface area contributed by atoms with Crippen LogP contribution in [0.5, 0.6) is 17.2 Å². The lowest BCUT2D eigenvalue weighted by Crippen LogP contribution is -2.26. The van der Waals surface area contributed by atoms with E-state index in [1.807, 2.05) is 12.1 Å². The first-order chi connectivity index (χ1) is 19.2. The minimum absolute atomic E-state index is 0.153. The molecule has 0 fully saturated rings. The number of amides is 2. The van der Waals surface area contributed by atoms with Crippen LogP contribution in [0.25, 0.3) is 11.1 Å². The number of aryl methyl sites for hydroxylation is 2. The molecule has 1 atom stereocenters. The van der Waals surface area contributed by atoms with Crippen molar-refractivity contribution in [3.8, 4) is 28.4 Å². The van der Waals surface area contributed by atoms with E-state index in [4.69, 9.17) is 14.2 Å². The highest BCUT2D eigenvalue weighted by atomic mass is 16.5. The number of hydrogen-bond acceptors (Lipinski definition) is 8. The molecule has 1 aromatic heterocycles. The molecule has 0 radical (unpaired) electrons. The molecule has 11 nitrogen and oxygen atoms in total. The maximum atomic E-state index is 13.4. The van der Waals surface area contributed by atoms with E-state index in [2.05, 4.69) is 21.0 Å². The summed E-state index contributed by atoms with van der Waals surface area (Å²) in [6, 6.07) is 8.41. The van der Waals surface area contributed by atoms with E-state index in [1.165, 1.54) is 6.92 Å². The van der Waals surface area contributed by atoms with Crippen molar-refractivity contribution in [3.63, 3.8) is 0 Å². The van der Waals surface area contributed by atoms with E-state index in [1.54, 1.807) is 57.5 Å². The topological polar surface area (TPSA) is 133 Å². The van der Waals surface area contributed by atoms with Crippen LogP contribution in [0.1, 0.15) is 43.4 Å². The van der Waals surface area contributed by atoms with Crippen molar-refractivity contribution in [1.82, 2.24) is 15.1 Å². The first kappa shape index (κ1) is 28.5. The number of nitrogens with zero attached hydrogens (tertiary/aromatic N) is 2. The summed E-state index contributed by atoms with van der Waals surface area (Å²) in [6.07, 6.45) is 3.73. The quantitative estimate of drug-likeness (QED) is 0.328. The van der Waals surface area contributed by atoms with Gasteiger partial charge < -0.3 is 30.2 Å². The van der Waals surface area contributed by atoms with Gasteiger partial charge in [-0.3, -0.25) is 19.1 Å². The average Bonchev–Trinajstić information content (AvgIpc) is 3.19. The third-order valence-corrected chi connectivity index (χ3v) is 6.79. The average molecular weight is 550 g/mol. The maximum absolute atomic E-state index is 13.4. The van der Waals surface area contributed by atoms with Crippen LogP contribution in [0, 0.1) is 0 Å². The van der Waals surface area contributed by atoms with E-state index in [0.717, 1.165) is 16.7 Å². The Kier molecular flexibility index (Phi) is 8.93. The number of aromatic nitrogens is 2. The summed E-state index contributed by atoms with van der Waals surface area (Å²) >= 11 is 0. The van der Waals surface area contributed by atoms with Gasteiger partial charge in [0, 0.05) is 44.8 Å². The molecule has 0 bridgehead atoms. The zero-order chi connectivity index (χ0) is 28.8. The zero-order valence-electron chi connectivity index (χ0n) is 23.4. The molecule has 0 saturated carbocycles. The number of methoxy groups -OCH3 is 3. The van der Waals surface area contributed by atoms with Gasteiger partial charge in [0.1, 0.15) is 0 Å². The summed E-state index contributed by atoms with van der Waals surface area (Å²) in [4.78, 5) is 37.7. The molecule has 40 heavy (non-hydrogen) atoms. The van der Waals surface area contributed by atoms with Gasteiger partial charge in [-0.15, -0.1) is 0 Å². The molecule has 0 saturated heterocycles. The van der Waals surface area contributed by atoms with Crippen molar-refractivity contribution < 1.29 is 23.8 Å². The Morgan fingerprint density at radius 3 is 2.50 bits per heavy atom. The van der Waals surface area contributed by atoms with Gasteiger partial charge in [0.05, 0.1) is 33.1 Å². The number of fused-ring (bicyclic) bond motifs is 3. The molecule has 3 aromatic rings. The molecule has 2 amide bonds. The first-order valence-electron chi connectivity index (χ1n) is 13.1. The number of ether oxygens (including phenoxy) is 3. The van der Waals surface area contributed by atoms with Gasteiger partial charge in [-0.2, -0.15) is 5.10 Å². The Balaban J connectivity index is 1.65. The summed E-state index contributed by atoms with van der Waals surface area (Å²) in [5, 5.41) is 13.1. The van der Waals surface area contributed by atoms with Gasteiger partial charge in [-0.25, -0.2) is 0 Å². The van der Waals surface area contributed by atoms with Crippen LogP contribution in [0.3, 0.4) is 0 Å². The highest BCUT2D eigenvalue weighted by molar-refractivity contribution is 5.89. The first-order valence-corrected chi connectivity index (χ1v) is 13.1. The van der Waals surface area contributed by atoms with Gasteiger partial charge >= 0.3 is 0 Å². The molecule has 11 heteroatoms. The summed E-state index contributed by atoms with van der Waals surface area (Å²) in [7, 11) is 6.45. The van der Waals surface area contributed by atoms with E-state index >= 15 is 0 Å². The SMILES string of the molecule is COc1cc2c(c(OC)c1OC)-c1ccc(NCCCC(=O)Nc3ccn(C)n3)c(=O)cc1[C@H](NC(C)=O)CC2. The molecule has 4 rings (SSSR count). The molecule has 1 aliphatic rings. The summed E-state index contributed by atoms with van der Waals surface area (Å²) in [5.74, 6) is 1.64. The Hall–Kier alpha value is -4.54. The molecule has 2 aromatic carbocycles. The fourth-order valence-corrected chi connectivity index (χ4v) is 5.01. The smallest absolute Gasteiger partial charge is 0.225 e. The number of nitrogens with one attached hydrogen (secondary N) is 3. The standard InChI is InChI=1S/C29H35N5O6/c1-17(35)31-21-10-8-18-15-24(38-3)28(39-4)29(40-5)27(18)19-9-11-22(23(36)16-20(19)21)30-13-6-7-26(37)32-25-12-14-34(2)33-25/h9,11-12,14-16,21H,6-8,10,13H2,1-5H3,(H,30,36)(H,31,35)(H,32,33,37)/t21-/m1/s1. The van der Waals surface area contributed by atoms with E-state index in [9.17, 15) is 14.4 Å². The minimum atomic E-state index is -0.384. The van der Waals surface area contributed by atoms with Crippen LogP contribution in [0.15, 0.2) is 41.3 Å². The lowest BCUT2D eigenvalue weighted by atomic mass is 9.95. The number of carbonyl (C=O) groups is 2. The highest BCUT2D eigenvalue weighted by Crippen LogP contribution is 2.50. The van der Waals surface area contributed by atoms with Crippen LogP contribution in [0.2, 0.25) is 0 Å². The largest absolute Gasteiger partial charge is 0.493 e. The van der Waals surface area contributed by atoms with Crippen molar-refractivity contribution in [2.24, 2.45) is 7.05 Å². The highest BCUT2D eigenvalue weighted by Gasteiger charge is 2.29. The van der Waals surface area contributed by atoms with Gasteiger partial charge in [0.25, 0.3) is 0 Å². The van der Waals surface area contributed by atoms with Crippen LogP contribution >= 0.6 is 0 Å². The number of benzene rings is 1. The van der Waals surface area contributed by atoms with Crippen molar-refractivity contribution in [2.75, 3.05) is 38.5 Å². The lowest BCUT2D eigenvalue weighted by Gasteiger charge is -2.19. The van der Waals surface area contributed by atoms with E-state index in [0.29, 0.717) is 60.1 Å². The second kappa shape index (κ2) is 12.5. The zero-order valence-corrected chi connectivity index (χ0v) is 23.4.